The molecule has 2 aromatic rings. The van der Waals surface area contributed by atoms with Crippen molar-refractivity contribution in [3.05, 3.63) is 41.2 Å². The van der Waals surface area contributed by atoms with Crippen molar-refractivity contribution in [3.63, 3.8) is 0 Å². The minimum absolute atomic E-state index is 0.0522. The van der Waals surface area contributed by atoms with Crippen molar-refractivity contribution in [1.29, 1.82) is 0 Å². The Morgan fingerprint density at radius 3 is 2.53 bits per heavy atom. The zero-order chi connectivity index (χ0) is 10.7. The number of thiazole rings is 1. The van der Waals surface area contributed by atoms with Crippen LogP contribution in [0.3, 0.4) is 0 Å². The van der Waals surface area contributed by atoms with E-state index in [1.54, 1.807) is 24.3 Å². The van der Waals surface area contributed by atoms with E-state index in [1.165, 1.54) is 22.2 Å². The van der Waals surface area contributed by atoms with Gasteiger partial charge in [-0.2, -0.15) is 8.42 Å². The van der Waals surface area contributed by atoms with E-state index < -0.39 is 10.0 Å². The molecule has 0 aliphatic carbocycles. The van der Waals surface area contributed by atoms with E-state index in [2.05, 4.69) is 9.71 Å². The average molecular weight is 240 g/mol. The Kier molecular flexibility index (Phi) is 2.70. The molecule has 1 aromatic carbocycles. The quantitative estimate of drug-likeness (QED) is 0.892. The maximum Gasteiger partial charge on any atom is 0.280 e. The van der Waals surface area contributed by atoms with E-state index in [9.17, 15) is 8.42 Å². The number of nitrogens with one attached hydrogen (secondary N) is 1. The van der Waals surface area contributed by atoms with Crippen LogP contribution >= 0.6 is 11.3 Å². The summed E-state index contributed by atoms with van der Waals surface area (Å²) in [5, 5.41) is 1.54. The number of hydrogen-bond acceptors (Lipinski definition) is 4. The second kappa shape index (κ2) is 4.00. The average Bonchev–Trinajstić information content (AvgIpc) is 2.71. The van der Waals surface area contributed by atoms with Crippen molar-refractivity contribution < 1.29 is 8.42 Å². The maximum atomic E-state index is 11.7. The molecule has 15 heavy (non-hydrogen) atoms. The third-order valence-corrected chi connectivity index (χ3v) is 3.73. The van der Waals surface area contributed by atoms with Gasteiger partial charge in [-0.15, -0.1) is 11.3 Å². The Bertz CT molecular complexity index is 521. The van der Waals surface area contributed by atoms with Crippen molar-refractivity contribution in [3.8, 4) is 0 Å². The highest BCUT2D eigenvalue weighted by Crippen LogP contribution is 2.14. The fraction of sp³-hybridized carbons (Fsp3) is 0. The van der Waals surface area contributed by atoms with Gasteiger partial charge in [-0.3, -0.25) is 4.72 Å². The summed E-state index contributed by atoms with van der Waals surface area (Å²) in [6.45, 7) is 0. The first-order valence-corrected chi connectivity index (χ1v) is 6.57. The predicted molar refractivity (Wildman–Crippen MR) is 59.4 cm³/mol. The van der Waals surface area contributed by atoms with Crippen molar-refractivity contribution in [2.45, 2.75) is 5.03 Å². The highest BCUT2D eigenvalue weighted by Gasteiger charge is 2.15. The lowest BCUT2D eigenvalue weighted by Gasteiger charge is -2.04. The van der Waals surface area contributed by atoms with Gasteiger partial charge in [0, 0.05) is 11.1 Å². The van der Waals surface area contributed by atoms with Crippen LogP contribution in [0.2, 0.25) is 0 Å². The molecule has 0 spiro atoms. The van der Waals surface area contributed by atoms with E-state index in [0.29, 0.717) is 5.69 Å². The molecule has 0 fully saturated rings. The van der Waals surface area contributed by atoms with Crippen LogP contribution in [0.15, 0.2) is 46.2 Å². The fourth-order valence-electron chi connectivity index (χ4n) is 1.05. The maximum absolute atomic E-state index is 11.7. The van der Waals surface area contributed by atoms with Gasteiger partial charge >= 0.3 is 0 Å². The summed E-state index contributed by atoms with van der Waals surface area (Å²) in [5.74, 6) is 0. The monoisotopic (exact) mass is 240 g/mol. The number of para-hydroxylation sites is 1. The normalized spacial score (nSPS) is 11.2. The van der Waals surface area contributed by atoms with E-state index in [-0.39, 0.29) is 5.03 Å². The van der Waals surface area contributed by atoms with Gasteiger partial charge < -0.3 is 0 Å². The molecule has 78 valence electrons. The lowest BCUT2D eigenvalue weighted by molar-refractivity contribution is 0.598. The summed E-state index contributed by atoms with van der Waals surface area (Å²) >= 11 is 1.25. The Morgan fingerprint density at radius 1 is 1.20 bits per heavy atom. The zero-order valence-corrected chi connectivity index (χ0v) is 9.25. The van der Waals surface area contributed by atoms with E-state index in [0.717, 1.165) is 0 Å². The van der Waals surface area contributed by atoms with Crippen molar-refractivity contribution >= 4 is 27.0 Å². The lowest BCUT2D eigenvalue weighted by atomic mass is 10.3. The summed E-state index contributed by atoms with van der Waals surface area (Å²) in [6.07, 6.45) is 0. The van der Waals surface area contributed by atoms with Gasteiger partial charge in [-0.1, -0.05) is 18.2 Å². The van der Waals surface area contributed by atoms with Crippen LogP contribution < -0.4 is 4.72 Å². The molecule has 4 nitrogen and oxygen atoms in total. The number of aromatic nitrogens is 1. The summed E-state index contributed by atoms with van der Waals surface area (Å²) < 4.78 is 25.8. The SMILES string of the molecule is O=S(=O)(Nc1ccccc1)c1cscn1. The minimum Gasteiger partial charge on any atom is -0.278 e. The molecule has 0 saturated heterocycles. The summed E-state index contributed by atoms with van der Waals surface area (Å²) in [4.78, 5) is 3.75. The second-order valence-corrected chi connectivity index (χ2v) is 5.15. The molecule has 0 unspecified atom stereocenters. The molecule has 0 aliphatic heterocycles. The number of hydrogen-bond donors (Lipinski definition) is 1. The highest BCUT2D eigenvalue weighted by atomic mass is 32.2. The Morgan fingerprint density at radius 2 is 1.93 bits per heavy atom. The number of rotatable bonds is 3. The smallest absolute Gasteiger partial charge is 0.278 e. The molecule has 2 rings (SSSR count). The Balaban J connectivity index is 2.27. The summed E-state index contributed by atoms with van der Waals surface area (Å²) in [5.41, 5.74) is 2.02. The number of anilines is 1. The van der Waals surface area contributed by atoms with Crippen molar-refractivity contribution in [1.82, 2.24) is 4.98 Å². The molecular weight excluding hydrogens is 232 g/mol. The van der Waals surface area contributed by atoms with E-state index >= 15 is 0 Å². The first-order valence-electron chi connectivity index (χ1n) is 4.14. The van der Waals surface area contributed by atoms with Crippen LogP contribution in [0.1, 0.15) is 0 Å². The van der Waals surface area contributed by atoms with Crippen molar-refractivity contribution in [2.24, 2.45) is 0 Å². The summed E-state index contributed by atoms with van der Waals surface area (Å²) in [6, 6.07) is 8.71. The first-order chi connectivity index (χ1) is 7.18. The van der Waals surface area contributed by atoms with Crippen LogP contribution in [0.5, 0.6) is 0 Å². The van der Waals surface area contributed by atoms with Gasteiger partial charge in [-0.25, -0.2) is 4.98 Å². The molecule has 0 amide bonds. The fourth-order valence-corrected chi connectivity index (χ4v) is 2.94. The second-order valence-electron chi connectivity index (χ2n) is 2.80. The minimum atomic E-state index is -3.52. The molecule has 0 saturated carbocycles. The Labute approximate surface area is 91.7 Å². The van der Waals surface area contributed by atoms with Crippen LogP contribution in [-0.2, 0) is 10.0 Å². The largest absolute Gasteiger partial charge is 0.280 e. The van der Waals surface area contributed by atoms with Gasteiger partial charge in [0.05, 0.1) is 5.51 Å². The molecule has 0 atom stereocenters. The van der Waals surface area contributed by atoms with Crippen LogP contribution in [-0.4, -0.2) is 13.4 Å². The predicted octanol–water partition coefficient (Wildman–Crippen LogP) is 1.94. The molecule has 1 aromatic heterocycles. The van der Waals surface area contributed by atoms with Crippen LogP contribution in [0.4, 0.5) is 5.69 Å². The molecule has 1 heterocycles. The van der Waals surface area contributed by atoms with E-state index in [4.69, 9.17) is 0 Å². The summed E-state index contributed by atoms with van der Waals surface area (Å²) in [7, 11) is -3.52. The van der Waals surface area contributed by atoms with E-state index in [1.807, 2.05) is 6.07 Å². The number of benzene rings is 1. The molecular formula is C9H8N2O2S2. The topological polar surface area (TPSA) is 59.1 Å². The van der Waals surface area contributed by atoms with Gasteiger partial charge in [0.25, 0.3) is 10.0 Å². The lowest BCUT2D eigenvalue weighted by Crippen LogP contribution is -2.12. The third-order valence-electron chi connectivity index (χ3n) is 1.71. The molecule has 0 aliphatic rings. The zero-order valence-electron chi connectivity index (χ0n) is 7.62. The molecule has 1 N–H and O–H groups in total. The molecule has 6 heteroatoms. The van der Waals surface area contributed by atoms with Crippen LogP contribution in [0, 0.1) is 0 Å². The number of nitrogens with zero attached hydrogens (tertiary/aromatic N) is 1. The number of sulfonamides is 1. The first kappa shape index (κ1) is 10.1. The highest BCUT2D eigenvalue weighted by molar-refractivity contribution is 7.92. The van der Waals surface area contributed by atoms with Gasteiger partial charge in [0.2, 0.25) is 0 Å². The third kappa shape index (κ3) is 2.34. The van der Waals surface area contributed by atoms with Crippen LogP contribution in [0.25, 0.3) is 0 Å². The molecule has 0 radical (unpaired) electrons. The Hall–Kier alpha value is -1.40. The van der Waals surface area contributed by atoms with Gasteiger partial charge in [0.15, 0.2) is 5.03 Å². The molecule has 0 bridgehead atoms. The van der Waals surface area contributed by atoms with Gasteiger partial charge in [-0.05, 0) is 12.1 Å². The van der Waals surface area contributed by atoms with Crippen molar-refractivity contribution in [2.75, 3.05) is 4.72 Å². The van der Waals surface area contributed by atoms with Gasteiger partial charge in [0.1, 0.15) is 0 Å². The standard InChI is InChI=1S/C9H8N2O2S2/c12-15(13,9-6-14-7-10-9)11-8-4-2-1-3-5-8/h1-7,11H.